The van der Waals surface area contributed by atoms with Crippen molar-refractivity contribution < 1.29 is 13.8 Å². The van der Waals surface area contributed by atoms with E-state index in [9.17, 15) is 4.79 Å². The van der Waals surface area contributed by atoms with Crippen LogP contribution in [0.4, 0.5) is 5.82 Å². The molecule has 0 unspecified atom stereocenters. The van der Waals surface area contributed by atoms with Crippen LogP contribution >= 0.6 is 0 Å². The van der Waals surface area contributed by atoms with Crippen molar-refractivity contribution in [1.29, 1.82) is 0 Å². The molecule has 0 saturated carbocycles. The summed E-state index contributed by atoms with van der Waals surface area (Å²) in [6.07, 6.45) is 0. The van der Waals surface area contributed by atoms with Crippen LogP contribution in [0.2, 0.25) is 0 Å². The van der Waals surface area contributed by atoms with Crippen LogP contribution in [-0.2, 0) is 0 Å². The summed E-state index contributed by atoms with van der Waals surface area (Å²) in [5.74, 6) is 1.52. The van der Waals surface area contributed by atoms with Crippen LogP contribution in [0, 0.1) is 6.92 Å². The highest BCUT2D eigenvalue weighted by molar-refractivity contribution is 6.04. The molecule has 0 aliphatic heterocycles. The summed E-state index contributed by atoms with van der Waals surface area (Å²) < 4.78 is 10.3. The first-order chi connectivity index (χ1) is 12.7. The average molecular weight is 346 g/mol. The molecule has 128 valence electrons. The fourth-order valence-corrected chi connectivity index (χ4v) is 2.45. The summed E-state index contributed by atoms with van der Waals surface area (Å²) in [6, 6.07) is 18.1. The summed E-state index contributed by atoms with van der Waals surface area (Å²) in [6.45, 7) is 1.75. The molecule has 7 nitrogen and oxygen atoms in total. The van der Waals surface area contributed by atoms with Gasteiger partial charge >= 0.3 is 0 Å². The molecule has 0 spiro atoms. The molecule has 1 N–H and O–H groups in total. The van der Waals surface area contributed by atoms with Crippen LogP contribution in [0.15, 0.2) is 69.7 Å². The number of carbonyl (C=O) groups excluding carboxylic acids is 1. The van der Waals surface area contributed by atoms with E-state index in [0.717, 1.165) is 5.56 Å². The normalized spacial score (nSPS) is 10.7. The Morgan fingerprint density at radius 3 is 2.50 bits per heavy atom. The van der Waals surface area contributed by atoms with E-state index in [0.29, 0.717) is 34.4 Å². The lowest BCUT2D eigenvalue weighted by molar-refractivity contribution is 0.102. The van der Waals surface area contributed by atoms with Gasteiger partial charge in [0.15, 0.2) is 5.82 Å². The summed E-state index contributed by atoms with van der Waals surface area (Å²) in [4.78, 5) is 16.8. The molecule has 2 aromatic heterocycles. The van der Waals surface area contributed by atoms with Gasteiger partial charge in [-0.05, 0) is 25.1 Å². The van der Waals surface area contributed by atoms with Gasteiger partial charge in [0.25, 0.3) is 11.8 Å². The topological polar surface area (TPSA) is 94.1 Å². The number of aromatic nitrogens is 3. The van der Waals surface area contributed by atoms with Gasteiger partial charge in [0.2, 0.25) is 5.82 Å². The van der Waals surface area contributed by atoms with Crippen LogP contribution in [0.1, 0.15) is 16.1 Å². The predicted octanol–water partition coefficient (Wildman–Crippen LogP) is 3.95. The number of anilines is 1. The quantitative estimate of drug-likeness (QED) is 0.601. The van der Waals surface area contributed by atoms with Gasteiger partial charge in [0.05, 0.1) is 0 Å². The van der Waals surface area contributed by atoms with Gasteiger partial charge in [-0.3, -0.25) is 4.79 Å². The second-order valence-electron chi connectivity index (χ2n) is 5.65. The van der Waals surface area contributed by atoms with Crippen LogP contribution in [0.3, 0.4) is 0 Å². The molecule has 2 aromatic carbocycles. The lowest BCUT2D eigenvalue weighted by Gasteiger charge is -2.02. The molecule has 0 radical (unpaired) electrons. The van der Waals surface area contributed by atoms with E-state index in [1.165, 1.54) is 0 Å². The number of hydrogen-bond acceptors (Lipinski definition) is 6. The van der Waals surface area contributed by atoms with E-state index < -0.39 is 0 Å². The Hall–Kier alpha value is -3.74. The standard InChI is InChI=1S/C19H14N4O3/c1-12-10-16(22-25-12)20-18(24)14-8-5-9-15(11-14)19-21-17(23-26-19)13-6-3-2-4-7-13/h2-11H,1H3,(H,20,22,24). The van der Waals surface area contributed by atoms with E-state index in [4.69, 9.17) is 9.05 Å². The van der Waals surface area contributed by atoms with Crippen LogP contribution in [-0.4, -0.2) is 21.2 Å². The molecule has 2 heterocycles. The molecule has 0 aliphatic carbocycles. The molecule has 26 heavy (non-hydrogen) atoms. The van der Waals surface area contributed by atoms with Crippen molar-refractivity contribution in [2.24, 2.45) is 0 Å². The molecule has 7 heteroatoms. The van der Waals surface area contributed by atoms with Crippen molar-refractivity contribution in [3.05, 3.63) is 72.0 Å². The molecule has 0 bridgehead atoms. The van der Waals surface area contributed by atoms with Crippen molar-refractivity contribution in [3.8, 4) is 22.8 Å². The first-order valence-corrected chi connectivity index (χ1v) is 7.93. The Kier molecular flexibility index (Phi) is 4.03. The second kappa shape index (κ2) is 6.64. The third kappa shape index (κ3) is 3.23. The summed E-state index contributed by atoms with van der Waals surface area (Å²) >= 11 is 0. The van der Waals surface area contributed by atoms with E-state index in [1.807, 2.05) is 30.3 Å². The van der Waals surface area contributed by atoms with Crippen LogP contribution < -0.4 is 5.32 Å². The third-order valence-corrected chi connectivity index (χ3v) is 3.70. The smallest absolute Gasteiger partial charge is 0.258 e. The molecule has 1 amide bonds. The number of hydrogen-bond donors (Lipinski definition) is 1. The molecule has 0 saturated heterocycles. The second-order valence-corrected chi connectivity index (χ2v) is 5.65. The van der Waals surface area contributed by atoms with Crippen molar-refractivity contribution in [3.63, 3.8) is 0 Å². The summed E-state index contributed by atoms with van der Waals surface area (Å²) in [5, 5.41) is 10.4. The molecule has 4 rings (SSSR count). The van der Waals surface area contributed by atoms with E-state index in [2.05, 4.69) is 20.6 Å². The maximum atomic E-state index is 12.4. The number of amides is 1. The Morgan fingerprint density at radius 1 is 0.923 bits per heavy atom. The largest absolute Gasteiger partial charge is 0.360 e. The monoisotopic (exact) mass is 346 g/mol. The lowest BCUT2D eigenvalue weighted by atomic mass is 10.1. The van der Waals surface area contributed by atoms with E-state index >= 15 is 0 Å². The van der Waals surface area contributed by atoms with Gasteiger partial charge in [-0.2, -0.15) is 4.98 Å². The lowest BCUT2D eigenvalue weighted by Crippen LogP contribution is -2.12. The number of aryl methyl sites for hydroxylation is 1. The fraction of sp³-hybridized carbons (Fsp3) is 0.0526. The highest BCUT2D eigenvalue weighted by atomic mass is 16.5. The SMILES string of the molecule is Cc1cc(NC(=O)c2cccc(-c3nc(-c4ccccc4)no3)c2)no1. The highest BCUT2D eigenvalue weighted by Gasteiger charge is 2.14. The van der Waals surface area contributed by atoms with E-state index in [-0.39, 0.29) is 5.91 Å². The Balaban J connectivity index is 1.58. The first-order valence-electron chi connectivity index (χ1n) is 7.93. The Labute approximate surface area is 148 Å². The number of benzene rings is 2. The predicted molar refractivity (Wildman–Crippen MR) is 94.4 cm³/mol. The fourth-order valence-electron chi connectivity index (χ4n) is 2.45. The van der Waals surface area contributed by atoms with Crippen molar-refractivity contribution in [2.75, 3.05) is 5.32 Å². The highest BCUT2D eigenvalue weighted by Crippen LogP contribution is 2.23. The van der Waals surface area contributed by atoms with Gasteiger partial charge in [0.1, 0.15) is 5.76 Å². The average Bonchev–Trinajstić information content (AvgIpc) is 3.32. The molecule has 0 fully saturated rings. The van der Waals surface area contributed by atoms with Gasteiger partial charge < -0.3 is 14.4 Å². The first kappa shape index (κ1) is 15.8. The maximum absolute atomic E-state index is 12.4. The molecule has 0 atom stereocenters. The summed E-state index contributed by atoms with van der Waals surface area (Å²) in [5.41, 5.74) is 1.96. The Morgan fingerprint density at radius 2 is 1.73 bits per heavy atom. The number of nitrogens with zero attached hydrogens (tertiary/aromatic N) is 3. The van der Waals surface area contributed by atoms with Crippen molar-refractivity contribution in [2.45, 2.75) is 6.92 Å². The molecule has 0 aliphatic rings. The minimum atomic E-state index is -0.303. The minimum Gasteiger partial charge on any atom is -0.360 e. The van der Waals surface area contributed by atoms with Gasteiger partial charge in [-0.15, -0.1) is 0 Å². The van der Waals surface area contributed by atoms with E-state index in [1.54, 1.807) is 37.3 Å². The maximum Gasteiger partial charge on any atom is 0.258 e. The van der Waals surface area contributed by atoms with Crippen LogP contribution in [0.25, 0.3) is 22.8 Å². The zero-order valence-electron chi connectivity index (χ0n) is 13.8. The van der Waals surface area contributed by atoms with Crippen molar-refractivity contribution in [1.82, 2.24) is 15.3 Å². The summed E-state index contributed by atoms with van der Waals surface area (Å²) in [7, 11) is 0. The molecular formula is C19H14N4O3. The number of carbonyl (C=O) groups is 1. The molecule has 4 aromatic rings. The number of rotatable bonds is 4. The van der Waals surface area contributed by atoms with Gasteiger partial charge in [-0.25, -0.2) is 0 Å². The van der Waals surface area contributed by atoms with Crippen molar-refractivity contribution >= 4 is 11.7 Å². The minimum absolute atomic E-state index is 0.303. The third-order valence-electron chi connectivity index (χ3n) is 3.70. The molecular weight excluding hydrogens is 332 g/mol. The van der Waals surface area contributed by atoms with Gasteiger partial charge in [0, 0.05) is 22.8 Å². The van der Waals surface area contributed by atoms with Gasteiger partial charge in [-0.1, -0.05) is 46.7 Å². The Bertz CT molecular complexity index is 1050. The zero-order valence-corrected chi connectivity index (χ0v) is 13.8. The van der Waals surface area contributed by atoms with Crippen LogP contribution in [0.5, 0.6) is 0 Å². The number of nitrogens with one attached hydrogen (secondary N) is 1. The zero-order chi connectivity index (χ0) is 17.9.